The first kappa shape index (κ1) is 21.4. The maximum absolute atomic E-state index is 12.4. The largest absolute Gasteiger partial charge is 0.496 e. The van der Waals surface area contributed by atoms with Gasteiger partial charge in [0.1, 0.15) is 12.4 Å². The van der Waals surface area contributed by atoms with Crippen molar-refractivity contribution in [3.63, 3.8) is 0 Å². The summed E-state index contributed by atoms with van der Waals surface area (Å²) in [5.41, 5.74) is 2.84. The maximum Gasteiger partial charge on any atom is 0.264 e. The number of thiazole rings is 1. The molecule has 3 rings (SSSR count). The second kappa shape index (κ2) is 9.93. The van der Waals surface area contributed by atoms with Crippen LogP contribution in [0.1, 0.15) is 10.4 Å². The number of ether oxygens (including phenoxy) is 3. The van der Waals surface area contributed by atoms with Crippen LogP contribution in [-0.4, -0.2) is 31.2 Å². The standard InChI is InChI=1S/C23H24N2O4S/c1-5-12-28-19-8-6-7-9-20(19)29-14-21(26)24-23-25-22(16(3)30-23)17-10-11-18(27-4)15(2)13-17/h5-11,13H,1,12,14H2,2-4H3,(H,24,25,26). The van der Waals surface area contributed by atoms with Crippen molar-refractivity contribution >= 4 is 22.4 Å². The molecule has 0 unspecified atom stereocenters. The monoisotopic (exact) mass is 424 g/mol. The number of anilines is 1. The summed E-state index contributed by atoms with van der Waals surface area (Å²) in [4.78, 5) is 18.0. The molecular weight excluding hydrogens is 400 g/mol. The number of hydrogen-bond acceptors (Lipinski definition) is 6. The van der Waals surface area contributed by atoms with Crippen LogP contribution in [0.5, 0.6) is 17.2 Å². The molecule has 0 aliphatic rings. The van der Waals surface area contributed by atoms with E-state index in [9.17, 15) is 4.79 Å². The number of methoxy groups -OCH3 is 1. The van der Waals surface area contributed by atoms with E-state index in [-0.39, 0.29) is 12.5 Å². The summed E-state index contributed by atoms with van der Waals surface area (Å²) in [6.45, 7) is 7.80. The molecule has 0 bridgehead atoms. The molecule has 0 saturated heterocycles. The van der Waals surface area contributed by atoms with Crippen LogP contribution in [0.25, 0.3) is 11.3 Å². The summed E-state index contributed by atoms with van der Waals surface area (Å²) in [5.74, 6) is 1.60. The number of nitrogens with zero attached hydrogens (tertiary/aromatic N) is 1. The highest BCUT2D eigenvalue weighted by Crippen LogP contribution is 2.33. The van der Waals surface area contributed by atoms with E-state index in [1.54, 1.807) is 25.3 Å². The molecule has 156 valence electrons. The Kier molecular flexibility index (Phi) is 7.08. The zero-order valence-electron chi connectivity index (χ0n) is 17.2. The van der Waals surface area contributed by atoms with E-state index in [0.29, 0.717) is 23.2 Å². The Labute approximate surface area is 180 Å². The number of aromatic nitrogens is 1. The van der Waals surface area contributed by atoms with Gasteiger partial charge in [0.05, 0.1) is 12.8 Å². The van der Waals surface area contributed by atoms with Crippen molar-refractivity contribution < 1.29 is 19.0 Å². The lowest BCUT2D eigenvalue weighted by atomic mass is 10.1. The summed E-state index contributed by atoms with van der Waals surface area (Å²) in [5, 5.41) is 3.33. The van der Waals surface area contributed by atoms with Gasteiger partial charge in [0.2, 0.25) is 0 Å². The van der Waals surface area contributed by atoms with Crippen molar-refractivity contribution in [2.75, 3.05) is 25.6 Å². The van der Waals surface area contributed by atoms with E-state index in [1.807, 2.05) is 44.2 Å². The number of benzene rings is 2. The number of aryl methyl sites for hydroxylation is 2. The minimum absolute atomic E-state index is 0.149. The van der Waals surface area contributed by atoms with E-state index in [0.717, 1.165) is 27.4 Å². The fraction of sp³-hybridized carbons (Fsp3) is 0.217. The van der Waals surface area contributed by atoms with Crippen LogP contribution < -0.4 is 19.5 Å². The lowest BCUT2D eigenvalue weighted by Crippen LogP contribution is -2.20. The number of para-hydroxylation sites is 2. The van der Waals surface area contributed by atoms with E-state index in [2.05, 4.69) is 16.9 Å². The van der Waals surface area contributed by atoms with Gasteiger partial charge in [0.15, 0.2) is 23.2 Å². The topological polar surface area (TPSA) is 69.7 Å². The highest BCUT2D eigenvalue weighted by Gasteiger charge is 2.14. The van der Waals surface area contributed by atoms with Gasteiger partial charge in [-0.15, -0.1) is 11.3 Å². The molecule has 0 atom stereocenters. The highest BCUT2D eigenvalue weighted by molar-refractivity contribution is 7.16. The van der Waals surface area contributed by atoms with Crippen LogP contribution in [0.3, 0.4) is 0 Å². The summed E-state index contributed by atoms with van der Waals surface area (Å²) in [6.07, 6.45) is 1.65. The van der Waals surface area contributed by atoms with Crippen LogP contribution in [0.2, 0.25) is 0 Å². The van der Waals surface area contributed by atoms with Crippen LogP contribution >= 0.6 is 11.3 Å². The Morgan fingerprint density at radius 3 is 2.53 bits per heavy atom. The molecule has 0 saturated carbocycles. The third kappa shape index (κ3) is 5.18. The van der Waals surface area contributed by atoms with E-state index >= 15 is 0 Å². The summed E-state index contributed by atoms with van der Waals surface area (Å²) in [6, 6.07) is 13.1. The molecule has 1 heterocycles. The second-order valence-electron chi connectivity index (χ2n) is 6.49. The molecule has 3 aromatic rings. The van der Waals surface area contributed by atoms with Crippen LogP contribution in [0.4, 0.5) is 5.13 Å². The number of nitrogens with one attached hydrogen (secondary N) is 1. The Morgan fingerprint density at radius 2 is 1.87 bits per heavy atom. The maximum atomic E-state index is 12.4. The molecule has 6 nitrogen and oxygen atoms in total. The van der Waals surface area contributed by atoms with Crippen LogP contribution in [0.15, 0.2) is 55.1 Å². The second-order valence-corrected chi connectivity index (χ2v) is 7.69. The van der Waals surface area contributed by atoms with Crippen LogP contribution in [0, 0.1) is 13.8 Å². The van der Waals surface area contributed by atoms with Gasteiger partial charge in [-0.3, -0.25) is 10.1 Å². The summed E-state index contributed by atoms with van der Waals surface area (Å²) < 4.78 is 16.5. The minimum atomic E-state index is -0.292. The fourth-order valence-corrected chi connectivity index (χ4v) is 3.73. The van der Waals surface area contributed by atoms with Gasteiger partial charge in [0, 0.05) is 10.4 Å². The molecule has 1 aromatic heterocycles. The van der Waals surface area contributed by atoms with Gasteiger partial charge < -0.3 is 14.2 Å². The van der Waals surface area contributed by atoms with Crippen molar-refractivity contribution in [1.29, 1.82) is 0 Å². The van der Waals surface area contributed by atoms with Gasteiger partial charge in [-0.1, -0.05) is 24.8 Å². The zero-order chi connectivity index (χ0) is 21.5. The highest BCUT2D eigenvalue weighted by atomic mass is 32.1. The lowest BCUT2D eigenvalue weighted by molar-refractivity contribution is -0.118. The smallest absolute Gasteiger partial charge is 0.264 e. The summed E-state index contributed by atoms with van der Waals surface area (Å²) >= 11 is 1.42. The average Bonchev–Trinajstić information content (AvgIpc) is 3.11. The Balaban J connectivity index is 1.65. The van der Waals surface area contributed by atoms with Crippen molar-refractivity contribution in [3.8, 4) is 28.5 Å². The molecule has 1 amide bonds. The molecule has 7 heteroatoms. The number of hydrogen-bond donors (Lipinski definition) is 1. The quantitative estimate of drug-likeness (QED) is 0.489. The molecule has 1 N–H and O–H groups in total. The molecule has 0 aliphatic heterocycles. The van der Waals surface area contributed by atoms with Gasteiger partial charge in [-0.2, -0.15) is 0 Å². The van der Waals surface area contributed by atoms with Crippen molar-refractivity contribution in [2.24, 2.45) is 0 Å². The molecule has 0 aliphatic carbocycles. The van der Waals surface area contributed by atoms with E-state index in [4.69, 9.17) is 14.2 Å². The normalized spacial score (nSPS) is 10.4. The molecule has 30 heavy (non-hydrogen) atoms. The number of carbonyl (C=O) groups excluding carboxylic acids is 1. The fourth-order valence-electron chi connectivity index (χ4n) is 2.88. The Hall–Kier alpha value is -3.32. The molecule has 2 aromatic carbocycles. The van der Waals surface area contributed by atoms with Crippen molar-refractivity contribution in [3.05, 3.63) is 65.6 Å². The SMILES string of the molecule is C=CCOc1ccccc1OCC(=O)Nc1nc(-c2ccc(OC)c(C)c2)c(C)s1. The van der Waals surface area contributed by atoms with Gasteiger partial charge in [0.25, 0.3) is 5.91 Å². The number of carbonyl (C=O) groups is 1. The Morgan fingerprint density at radius 1 is 1.13 bits per heavy atom. The first-order valence-electron chi connectivity index (χ1n) is 9.39. The predicted molar refractivity (Wildman–Crippen MR) is 120 cm³/mol. The third-order valence-electron chi connectivity index (χ3n) is 4.28. The summed E-state index contributed by atoms with van der Waals surface area (Å²) in [7, 11) is 1.65. The first-order valence-corrected chi connectivity index (χ1v) is 10.2. The molecule has 0 radical (unpaired) electrons. The number of rotatable bonds is 9. The predicted octanol–water partition coefficient (Wildman–Crippen LogP) is 5.02. The molecule has 0 fully saturated rings. The van der Waals surface area contributed by atoms with Gasteiger partial charge in [-0.05, 0) is 49.7 Å². The third-order valence-corrected chi connectivity index (χ3v) is 5.16. The van der Waals surface area contributed by atoms with Gasteiger partial charge >= 0.3 is 0 Å². The van der Waals surface area contributed by atoms with Gasteiger partial charge in [-0.25, -0.2) is 4.98 Å². The zero-order valence-corrected chi connectivity index (χ0v) is 18.0. The first-order chi connectivity index (χ1) is 14.5. The van der Waals surface area contributed by atoms with Crippen LogP contribution in [-0.2, 0) is 4.79 Å². The van der Waals surface area contributed by atoms with Crippen molar-refractivity contribution in [1.82, 2.24) is 4.98 Å². The van der Waals surface area contributed by atoms with E-state index in [1.165, 1.54) is 11.3 Å². The molecule has 0 spiro atoms. The molecular formula is C23H24N2O4S. The average molecular weight is 425 g/mol. The van der Waals surface area contributed by atoms with E-state index < -0.39 is 0 Å². The number of amides is 1. The lowest BCUT2D eigenvalue weighted by Gasteiger charge is -2.11. The minimum Gasteiger partial charge on any atom is -0.496 e. The van der Waals surface area contributed by atoms with Crippen molar-refractivity contribution in [2.45, 2.75) is 13.8 Å². The Bertz CT molecular complexity index is 1050.